The molecular formula is C16H22O3. The van der Waals surface area contributed by atoms with Gasteiger partial charge in [-0.25, -0.2) is 0 Å². The molecule has 0 saturated heterocycles. The maximum atomic E-state index is 11.8. The van der Waals surface area contributed by atoms with Gasteiger partial charge in [-0.3, -0.25) is 4.79 Å². The number of aryl methyl sites for hydroxylation is 1. The molecule has 3 heteroatoms. The van der Waals surface area contributed by atoms with E-state index in [9.17, 15) is 4.79 Å². The van der Waals surface area contributed by atoms with Gasteiger partial charge in [0.1, 0.15) is 11.5 Å². The molecule has 104 valence electrons. The van der Waals surface area contributed by atoms with Crippen molar-refractivity contribution in [3.8, 4) is 11.5 Å². The van der Waals surface area contributed by atoms with Crippen molar-refractivity contribution in [1.29, 1.82) is 0 Å². The monoisotopic (exact) mass is 262 g/mol. The van der Waals surface area contributed by atoms with Crippen molar-refractivity contribution < 1.29 is 14.3 Å². The summed E-state index contributed by atoms with van der Waals surface area (Å²) in [5.74, 6) is 1.38. The Morgan fingerprint density at radius 1 is 1.32 bits per heavy atom. The van der Waals surface area contributed by atoms with Crippen LogP contribution in [0.2, 0.25) is 0 Å². The maximum Gasteiger partial charge on any atom is 0.311 e. The van der Waals surface area contributed by atoms with Gasteiger partial charge >= 0.3 is 5.97 Å². The molecule has 0 N–H and O–H groups in total. The Labute approximate surface area is 115 Å². The van der Waals surface area contributed by atoms with Crippen molar-refractivity contribution >= 4 is 11.5 Å². The molecule has 0 heterocycles. The first-order valence-corrected chi connectivity index (χ1v) is 6.40. The molecule has 0 unspecified atom stereocenters. The third-order valence-electron chi connectivity index (χ3n) is 2.76. The van der Waals surface area contributed by atoms with Gasteiger partial charge < -0.3 is 9.47 Å². The minimum absolute atomic E-state index is 0.220. The quantitative estimate of drug-likeness (QED) is 0.594. The third-order valence-corrected chi connectivity index (χ3v) is 2.76. The Bertz CT molecular complexity index is 487. The summed E-state index contributed by atoms with van der Waals surface area (Å²) < 4.78 is 10.7. The molecule has 1 aromatic carbocycles. The number of allylic oxidation sites excluding steroid dienone is 1. The summed E-state index contributed by atoms with van der Waals surface area (Å²) in [6.07, 6.45) is 0.403. The van der Waals surface area contributed by atoms with E-state index in [1.165, 1.54) is 0 Å². The SMILES string of the molecule is C=C(C)c1cc(OC)c(C)cc1OC(=O)CC(C)C. The molecule has 0 aliphatic heterocycles. The molecule has 3 nitrogen and oxygen atoms in total. The van der Waals surface area contributed by atoms with E-state index in [4.69, 9.17) is 9.47 Å². The number of carbonyl (C=O) groups excluding carboxylic acids is 1. The van der Waals surface area contributed by atoms with Crippen LogP contribution in [0.1, 0.15) is 38.3 Å². The highest BCUT2D eigenvalue weighted by Crippen LogP contribution is 2.32. The van der Waals surface area contributed by atoms with Crippen LogP contribution in [-0.2, 0) is 4.79 Å². The topological polar surface area (TPSA) is 35.5 Å². The van der Waals surface area contributed by atoms with Gasteiger partial charge in [0.15, 0.2) is 0 Å². The Hall–Kier alpha value is -1.77. The third kappa shape index (κ3) is 4.12. The van der Waals surface area contributed by atoms with Crippen molar-refractivity contribution in [1.82, 2.24) is 0 Å². The van der Waals surface area contributed by atoms with Crippen LogP contribution in [0.5, 0.6) is 11.5 Å². The normalized spacial score (nSPS) is 10.4. The second kappa shape index (κ2) is 6.41. The van der Waals surface area contributed by atoms with Crippen molar-refractivity contribution in [2.75, 3.05) is 7.11 Å². The molecular weight excluding hydrogens is 240 g/mol. The highest BCUT2D eigenvalue weighted by Gasteiger charge is 2.14. The number of esters is 1. The molecule has 0 spiro atoms. The average molecular weight is 262 g/mol. The summed E-state index contributed by atoms with van der Waals surface area (Å²) in [6.45, 7) is 11.7. The lowest BCUT2D eigenvalue weighted by atomic mass is 10.0. The number of benzene rings is 1. The van der Waals surface area contributed by atoms with Crippen LogP contribution in [0.25, 0.3) is 5.57 Å². The van der Waals surface area contributed by atoms with E-state index in [0.717, 1.165) is 22.4 Å². The summed E-state index contributed by atoms with van der Waals surface area (Å²) >= 11 is 0. The van der Waals surface area contributed by atoms with Crippen LogP contribution in [0.15, 0.2) is 18.7 Å². The second-order valence-electron chi connectivity index (χ2n) is 5.17. The van der Waals surface area contributed by atoms with Gasteiger partial charge in [0.05, 0.1) is 7.11 Å². The molecule has 0 fully saturated rings. The van der Waals surface area contributed by atoms with E-state index in [0.29, 0.717) is 12.2 Å². The lowest BCUT2D eigenvalue weighted by molar-refractivity contribution is -0.135. The van der Waals surface area contributed by atoms with E-state index < -0.39 is 0 Å². The number of carbonyl (C=O) groups is 1. The fourth-order valence-corrected chi connectivity index (χ4v) is 1.80. The average Bonchev–Trinajstić information content (AvgIpc) is 2.27. The van der Waals surface area contributed by atoms with Gasteiger partial charge in [-0.05, 0) is 43.0 Å². The summed E-state index contributed by atoms with van der Waals surface area (Å²) in [6, 6.07) is 3.68. The predicted molar refractivity (Wildman–Crippen MR) is 77.5 cm³/mol. The number of methoxy groups -OCH3 is 1. The maximum absolute atomic E-state index is 11.8. The summed E-state index contributed by atoms with van der Waals surface area (Å²) in [7, 11) is 1.62. The van der Waals surface area contributed by atoms with E-state index in [1.807, 2.05) is 39.8 Å². The number of rotatable bonds is 5. The van der Waals surface area contributed by atoms with Crippen LogP contribution in [0.3, 0.4) is 0 Å². The van der Waals surface area contributed by atoms with E-state index in [-0.39, 0.29) is 11.9 Å². The molecule has 19 heavy (non-hydrogen) atoms. The molecule has 0 bridgehead atoms. The van der Waals surface area contributed by atoms with Crippen LogP contribution in [0.4, 0.5) is 0 Å². The van der Waals surface area contributed by atoms with Gasteiger partial charge in [0, 0.05) is 12.0 Å². The van der Waals surface area contributed by atoms with E-state index >= 15 is 0 Å². The molecule has 0 aromatic heterocycles. The van der Waals surface area contributed by atoms with Gasteiger partial charge in [0.25, 0.3) is 0 Å². The number of hydrogen-bond acceptors (Lipinski definition) is 3. The molecule has 0 atom stereocenters. The number of ether oxygens (including phenoxy) is 2. The molecule has 0 aliphatic carbocycles. The lowest BCUT2D eigenvalue weighted by Crippen LogP contribution is -2.12. The van der Waals surface area contributed by atoms with Gasteiger partial charge in [0.2, 0.25) is 0 Å². The second-order valence-corrected chi connectivity index (χ2v) is 5.17. The molecule has 0 radical (unpaired) electrons. The van der Waals surface area contributed by atoms with Crippen LogP contribution in [-0.4, -0.2) is 13.1 Å². The van der Waals surface area contributed by atoms with E-state index in [1.54, 1.807) is 7.11 Å². The van der Waals surface area contributed by atoms with Gasteiger partial charge in [-0.2, -0.15) is 0 Å². The van der Waals surface area contributed by atoms with Crippen molar-refractivity contribution in [3.05, 3.63) is 29.8 Å². The smallest absolute Gasteiger partial charge is 0.311 e. The van der Waals surface area contributed by atoms with E-state index in [2.05, 4.69) is 6.58 Å². The fraction of sp³-hybridized carbons (Fsp3) is 0.438. The minimum atomic E-state index is -0.220. The minimum Gasteiger partial charge on any atom is -0.496 e. The van der Waals surface area contributed by atoms with Gasteiger partial charge in [-0.15, -0.1) is 0 Å². The first kappa shape index (κ1) is 15.3. The zero-order valence-electron chi connectivity index (χ0n) is 12.4. The first-order chi connectivity index (χ1) is 8.85. The predicted octanol–water partition coefficient (Wildman–Crippen LogP) is 3.99. The highest BCUT2D eigenvalue weighted by molar-refractivity contribution is 5.77. The van der Waals surface area contributed by atoms with Crippen molar-refractivity contribution in [2.24, 2.45) is 5.92 Å². The largest absolute Gasteiger partial charge is 0.496 e. The highest BCUT2D eigenvalue weighted by atomic mass is 16.5. The Balaban J connectivity index is 3.08. The molecule has 1 rings (SSSR count). The Morgan fingerprint density at radius 2 is 1.95 bits per heavy atom. The van der Waals surface area contributed by atoms with Crippen molar-refractivity contribution in [3.63, 3.8) is 0 Å². The fourth-order valence-electron chi connectivity index (χ4n) is 1.80. The van der Waals surface area contributed by atoms with Crippen LogP contribution in [0, 0.1) is 12.8 Å². The summed E-state index contributed by atoms with van der Waals surface area (Å²) in [4.78, 5) is 11.8. The zero-order chi connectivity index (χ0) is 14.6. The Morgan fingerprint density at radius 3 is 2.42 bits per heavy atom. The molecule has 1 aromatic rings. The summed E-state index contributed by atoms with van der Waals surface area (Å²) in [5.41, 5.74) is 2.57. The first-order valence-electron chi connectivity index (χ1n) is 6.40. The molecule has 0 aliphatic rings. The van der Waals surface area contributed by atoms with Crippen LogP contribution >= 0.6 is 0 Å². The van der Waals surface area contributed by atoms with Crippen molar-refractivity contribution in [2.45, 2.75) is 34.1 Å². The van der Waals surface area contributed by atoms with Gasteiger partial charge in [-0.1, -0.05) is 20.4 Å². The molecule has 0 saturated carbocycles. The molecule has 0 amide bonds. The zero-order valence-corrected chi connectivity index (χ0v) is 12.4. The lowest BCUT2D eigenvalue weighted by Gasteiger charge is -2.14. The standard InChI is InChI=1S/C16H22O3/c1-10(2)7-16(17)19-15-8-12(5)14(18-6)9-13(15)11(3)4/h8-10H,3,7H2,1-2,4-6H3. The number of hydrogen-bond donors (Lipinski definition) is 0. The Kier molecular flexibility index (Phi) is 5.16. The summed E-state index contributed by atoms with van der Waals surface area (Å²) in [5, 5.41) is 0. The van der Waals surface area contributed by atoms with Crippen LogP contribution < -0.4 is 9.47 Å².